The third kappa shape index (κ3) is 2.72. The lowest BCUT2D eigenvalue weighted by Crippen LogP contribution is -2.51. The monoisotopic (exact) mass is 320 g/mol. The molecule has 3 heterocycles. The zero-order valence-electron chi connectivity index (χ0n) is 12.8. The van der Waals surface area contributed by atoms with E-state index >= 15 is 0 Å². The predicted molar refractivity (Wildman–Crippen MR) is 85.8 cm³/mol. The first-order valence-corrected chi connectivity index (χ1v) is 8.27. The molecule has 0 saturated carbocycles. The Hall–Kier alpha value is -1.89. The molecule has 0 atom stereocenters. The van der Waals surface area contributed by atoms with E-state index in [9.17, 15) is 9.59 Å². The van der Waals surface area contributed by atoms with Crippen molar-refractivity contribution in [3.8, 4) is 0 Å². The molecule has 2 amide bonds. The van der Waals surface area contributed by atoms with Gasteiger partial charge in [0.2, 0.25) is 11.9 Å². The number of nitrogens with zero attached hydrogens (tertiary/aromatic N) is 3. The Kier molecular flexibility index (Phi) is 3.90. The van der Waals surface area contributed by atoms with Crippen LogP contribution in [0.15, 0.2) is 22.5 Å². The summed E-state index contributed by atoms with van der Waals surface area (Å²) in [7, 11) is 3.72. The minimum Gasteiger partial charge on any atom is -0.349 e. The molecule has 0 unspecified atom stereocenters. The number of hydrogen-bond donors (Lipinski definition) is 1. The number of carbonyl (C=O) groups is 2. The molecule has 0 aliphatic carbocycles. The van der Waals surface area contributed by atoms with Crippen molar-refractivity contribution >= 4 is 29.1 Å². The number of aliphatic imine (C=N–C) groups is 1. The summed E-state index contributed by atoms with van der Waals surface area (Å²) in [6.45, 7) is 1.17. The zero-order chi connectivity index (χ0) is 15.7. The van der Waals surface area contributed by atoms with Gasteiger partial charge in [-0.15, -0.1) is 11.3 Å². The Balaban J connectivity index is 1.63. The highest BCUT2D eigenvalue weighted by Crippen LogP contribution is 2.30. The fourth-order valence-electron chi connectivity index (χ4n) is 2.85. The predicted octanol–water partition coefficient (Wildman–Crippen LogP) is 0.699. The second-order valence-electron chi connectivity index (χ2n) is 5.95. The summed E-state index contributed by atoms with van der Waals surface area (Å²) in [6.07, 6.45) is 1.63. The molecule has 2 aliphatic rings. The Morgan fingerprint density at radius 3 is 2.73 bits per heavy atom. The standard InChI is InChI=1S/C15H20N4O2S/c1-18(2)14-16-13(21)15(17-14)5-7-19(8-6-15)12(20)10-11-4-3-9-22-11/h3-4,9H,5-8,10H2,1-2H3,(H,16,17,21). The van der Waals surface area contributed by atoms with Gasteiger partial charge < -0.3 is 9.80 Å². The quantitative estimate of drug-likeness (QED) is 0.872. The maximum absolute atomic E-state index is 12.3. The van der Waals surface area contributed by atoms with Crippen LogP contribution in [0.3, 0.4) is 0 Å². The van der Waals surface area contributed by atoms with Crippen molar-refractivity contribution in [1.82, 2.24) is 15.1 Å². The van der Waals surface area contributed by atoms with Gasteiger partial charge in [0.05, 0.1) is 6.42 Å². The molecular formula is C15H20N4O2S. The molecule has 22 heavy (non-hydrogen) atoms. The molecule has 1 aromatic rings. The number of likely N-dealkylation sites (tertiary alicyclic amines) is 1. The van der Waals surface area contributed by atoms with Crippen molar-refractivity contribution < 1.29 is 9.59 Å². The fourth-order valence-corrected chi connectivity index (χ4v) is 3.55. The van der Waals surface area contributed by atoms with Gasteiger partial charge in [-0.2, -0.15) is 0 Å². The molecule has 6 nitrogen and oxygen atoms in total. The summed E-state index contributed by atoms with van der Waals surface area (Å²) in [5.74, 6) is 0.706. The molecule has 1 saturated heterocycles. The van der Waals surface area contributed by atoms with Crippen molar-refractivity contribution in [2.75, 3.05) is 27.2 Å². The van der Waals surface area contributed by atoms with E-state index in [1.165, 1.54) is 0 Å². The first kappa shape index (κ1) is 15.0. The SMILES string of the molecule is CN(C)C1=NC2(CCN(C(=O)Cc3cccs3)CC2)C(=O)N1. The van der Waals surface area contributed by atoms with Gasteiger partial charge in [-0.25, -0.2) is 4.99 Å². The summed E-state index contributed by atoms with van der Waals surface area (Å²) in [6, 6.07) is 3.94. The molecule has 1 fully saturated rings. The van der Waals surface area contributed by atoms with Crippen molar-refractivity contribution in [2.45, 2.75) is 24.8 Å². The highest BCUT2D eigenvalue weighted by molar-refractivity contribution is 7.10. The number of carbonyl (C=O) groups excluding carboxylic acids is 2. The molecule has 3 rings (SSSR count). The van der Waals surface area contributed by atoms with E-state index in [-0.39, 0.29) is 11.8 Å². The van der Waals surface area contributed by atoms with E-state index in [2.05, 4.69) is 10.3 Å². The largest absolute Gasteiger partial charge is 0.349 e. The summed E-state index contributed by atoms with van der Waals surface area (Å²) in [5, 5.41) is 4.81. The van der Waals surface area contributed by atoms with Gasteiger partial charge in [0.1, 0.15) is 5.54 Å². The molecule has 1 spiro atoms. The van der Waals surface area contributed by atoms with E-state index in [0.717, 1.165) is 4.88 Å². The van der Waals surface area contributed by atoms with Gasteiger partial charge in [0, 0.05) is 32.1 Å². The third-order valence-electron chi connectivity index (χ3n) is 4.24. The average Bonchev–Trinajstić information content (AvgIpc) is 3.09. The number of nitrogens with one attached hydrogen (secondary N) is 1. The van der Waals surface area contributed by atoms with Crippen LogP contribution in [0.1, 0.15) is 17.7 Å². The molecular weight excluding hydrogens is 300 g/mol. The van der Waals surface area contributed by atoms with Crippen LogP contribution in [-0.2, 0) is 16.0 Å². The van der Waals surface area contributed by atoms with Crippen LogP contribution in [0.25, 0.3) is 0 Å². The highest BCUT2D eigenvalue weighted by atomic mass is 32.1. The summed E-state index contributed by atoms with van der Waals surface area (Å²) in [4.78, 5) is 33.9. The molecule has 2 aliphatic heterocycles. The van der Waals surface area contributed by atoms with E-state index in [0.29, 0.717) is 38.3 Å². The van der Waals surface area contributed by atoms with Crippen LogP contribution in [0.2, 0.25) is 0 Å². The Morgan fingerprint density at radius 2 is 2.18 bits per heavy atom. The molecule has 0 bridgehead atoms. The van der Waals surface area contributed by atoms with Crippen LogP contribution < -0.4 is 5.32 Å². The van der Waals surface area contributed by atoms with E-state index in [1.54, 1.807) is 16.2 Å². The van der Waals surface area contributed by atoms with E-state index in [4.69, 9.17) is 0 Å². The Morgan fingerprint density at radius 1 is 1.45 bits per heavy atom. The summed E-state index contributed by atoms with van der Waals surface area (Å²) in [5.41, 5.74) is -0.681. The molecule has 1 aromatic heterocycles. The normalized spacial score (nSPS) is 20.0. The lowest BCUT2D eigenvalue weighted by atomic mass is 9.88. The number of thiophene rings is 1. The van der Waals surface area contributed by atoms with Gasteiger partial charge in [0.15, 0.2) is 0 Å². The first-order valence-electron chi connectivity index (χ1n) is 7.39. The minimum absolute atomic E-state index is 0.0402. The molecule has 0 aromatic carbocycles. The van der Waals surface area contributed by atoms with Gasteiger partial charge in [-0.05, 0) is 24.3 Å². The van der Waals surface area contributed by atoms with Crippen LogP contribution in [0.4, 0.5) is 0 Å². The van der Waals surface area contributed by atoms with E-state index < -0.39 is 5.54 Å². The Labute approximate surface area is 133 Å². The zero-order valence-corrected chi connectivity index (χ0v) is 13.7. The highest BCUT2D eigenvalue weighted by Gasteiger charge is 2.46. The summed E-state index contributed by atoms with van der Waals surface area (Å²) < 4.78 is 0. The molecule has 1 N–H and O–H groups in total. The number of hydrogen-bond acceptors (Lipinski definition) is 5. The molecule has 7 heteroatoms. The summed E-state index contributed by atoms with van der Waals surface area (Å²) >= 11 is 1.60. The maximum Gasteiger partial charge on any atom is 0.254 e. The lowest BCUT2D eigenvalue weighted by molar-refractivity contribution is -0.134. The number of rotatable bonds is 2. The van der Waals surface area contributed by atoms with Crippen molar-refractivity contribution in [3.05, 3.63) is 22.4 Å². The average molecular weight is 320 g/mol. The van der Waals surface area contributed by atoms with Gasteiger partial charge >= 0.3 is 0 Å². The Bertz CT molecular complexity index is 601. The third-order valence-corrected chi connectivity index (χ3v) is 5.12. The number of guanidine groups is 1. The van der Waals surface area contributed by atoms with Crippen molar-refractivity contribution in [2.24, 2.45) is 4.99 Å². The fraction of sp³-hybridized carbons (Fsp3) is 0.533. The van der Waals surface area contributed by atoms with Crippen LogP contribution in [-0.4, -0.2) is 60.3 Å². The first-order chi connectivity index (χ1) is 10.5. The van der Waals surface area contributed by atoms with Gasteiger partial charge in [-0.3, -0.25) is 14.9 Å². The smallest absolute Gasteiger partial charge is 0.254 e. The maximum atomic E-state index is 12.3. The molecule has 118 valence electrons. The molecule has 0 radical (unpaired) electrons. The second-order valence-corrected chi connectivity index (χ2v) is 6.98. The van der Waals surface area contributed by atoms with Gasteiger partial charge in [0.25, 0.3) is 5.91 Å². The lowest BCUT2D eigenvalue weighted by Gasteiger charge is -2.35. The second kappa shape index (κ2) is 5.72. The van der Waals surface area contributed by atoms with Crippen molar-refractivity contribution in [1.29, 1.82) is 0 Å². The van der Waals surface area contributed by atoms with Crippen LogP contribution in [0, 0.1) is 0 Å². The van der Waals surface area contributed by atoms with Crippen LogP contribution in [0.5, 0.6) is 0 Å². The number of piperidine rings is 1. The van der Waals surface area contributed by atoms with E-state index in [1.807, 2.05) is 36.5 Å². The van der Waals surface area contributed by atoms with Gasteiger partial charge in [-0.1, -0.05) is 6.07 Å². The van der Waals surface area contributed by atoms with Crippen LogP contribution >= 0.6 is 11.3 Å². The minimum atomic E-state index is -0.681. The number of amides is 2. The topological polar surface area (TPSA) is 65.0 Å². The van der Waals surface area contributed by atoms with Crippen molar-refractivity contribution in [3.63, 3.8) is 0 Å².